The summed E-state index contributed by atoms with van der Waals surface area (Å²) in [7, 11) is 0. The highest BCUT2D eigenvalue weighted by molar-refractivity contribution is 5.69. The summed E-state index contributed by atoms with van der Waals surface area (Å²) < 4.78 is 5.31. The molecule has 0 aliphatic carbocycles. The number of rotatable bonds is 6. The number of hydrogen-bond acceptors (Lipinski definition) is 5. The number of benzene rings is 3. The van der Waals surface area contributed by atoms with Crippen molar-refractivity contribution >= 4 is 17.3 Å². The fourth-order valence-electron chi connectivity index (χ4n) is 3.16. The van der Waals surface area contributed by atoms with E-state index in [0.29, 0.717) is 11.3 Å². The molecule has 0 radical (unpaired) electrons. The third-order valence-electron chi connectivity index (χ3n) is 4.53. The van der Waals surface area contributed by atoms with Crippen LogP contribution in [0.3, 0.4) is 0 Å². The number of nitriles is 1. The van der Waals surface area contributed by atoms with E-state index in [1.54, 1.807) is 12.1 Å². The minimum absolute atomic E-state index is 0.190. The molecule has 5 nitrogen and oxygen atoms in total. The van der Waals surface area contributed by atoms with Gasteiger partial charge in [-0.15, -0.1) is 0 Å². The molecular weight excluding hydrogens is 362 g/mol. The second kappa shape index (κ2) is 8.94. The number of nitrogens with one attached hydrogen (secondary N) is 1. The van der Waals surface area contributed by atoms with Gasteiger partial charge in [-0.1, -0.05) is 29.8 Å². The van der Waals surface area contributed by atoms with Gasteiger partial charge in [-0.3, -0.25) is 4.79 Å². The Morgan fingerprint density at radius 1 is 1.10 bits per heavy atom. The van der Waals surface area contributed by atoms with Crippen LogP contribution in [0.5, 0.6) is 0 Å². The maximum absolute atomic E-state index is 11.4. The number of nitrogen functional groups attached to an aromatic ring is 1. The molecular formula is C24H23N3O2. The predicted octanol–water partition coefficient (Wildman–Crippen LogP) is 4.83. The first-order valence-electron chi connectivity index (χ1n) is 9.32. The lowest BCUT2D eigenvalue weighted by molar-refractivity contribution is -0.141. The zero-order valence-corrected chi connectivity index (χ0v) is 16.5. The van der Waals surface area contributed by atoms with E-state index >= 15 is 0 Å². The third kappa shape index (κ3) is 5.36. The van der Waals surface area contributed by atoms with Crippen LogP contribution < -0.4 is 11.1 Å². The number of nitrogens with two attached hydrogens (primary N) is 1. The van der Waals surface area contributed by atoms with Crippen molar-refractivity contribution in [2.45, 2.75) is 19.9 Å². The van der Waals surface area contributed by atoms with Crippen LogP contribution >= 0.6 is 0 Å². The monoisotopic (exact) mass is 385 g/mol. The first kappa shape index (κ1) is 20.0. The molecule has 3 N–H and O–H groups in total. The van der Waals surface area contributed by atoms with Gasteiger partial charge in [0.2, 0.25) is 0 Å². The number of hydrogen-bond donors (Lipinski definition) is 2. The molecule has 1 unspecified atom stereocenters. The lowest BCUT2D eigenvalue weighted by atomic mass is 9.96. The fourth-order valence-corrected chi connectivity index (χ4v) is 3.16. The first-order valence-corrected chi connectivity index (χ1v) is 9.32. The Kier molecular flexibility index (Phi) is 6.16. The van der Waals surface area contributed by atoms with Crippen molar-refractivity contribution in [1.29, 1.82) is 5.26 Å². The van der Waals surface area contributed by atoms with Crippen molar-refractivity contribution in [1.82, 2.24) is 0 Å². The highest BCUT2D eigenvalue weighted by Gasteiger charge is 2.15. The molecule has 0 aliphatic rings. The minimum Gasteiger partial charge on any atom is -0.463 e. The molecule has 0 saturated heterocycles. The maximum atomic E-state index is 11.4. The molecule has 29 heavy (non-hydrogen) atoms. The van der Waals surface area contributed by atoms with Gasteiger partial charge in [-0.05, 0) is 66.1 Å². The van der Waals surface area contributed by atoms with Gasteiger partial charge < -0.3 is 15.8 Å². The zero-order chi connectivity index (χ0) is 20.8. The van der Waals surface area contributed by atoms with E-state index in [2.05, 4.69) is 29.6 Å². The Hall–Kier alpha value is -3.78. The Labute approximate surface area is 170 Å². The van der Waals surface area contributed by atoms with Gasteiger partial charge in [0.15, 0.2) is 0 Å². The smallest absolute Gasteiger partial charge is 0.302 e. The van der Waals surface area contributed by atoms with Crippen LogP contribution in [-0.4, -0.2) is 12.6 Å². The summed E-state index contributed by atoms with van der Waals surface area (Å²) in [6.45, 7) is 3.62. The van der Waals surface area contributed by atoms with Crippen LogP contribution in [0.2, 0.25) is 0 Å². The topological polar surface area (TPSA) is 88.1 Å². The number of aryl methyl sites for hydroxylation is 1. The van der Waals surface area contributed by atoms with Crippen LogP contribution in [0.4, 0.5) is 11.4 Å². The zero-order valence-electron chi connectivity index (χ0n) is 16.5. The Bertz CT molecular complexity index is 1050. The van der Waals surface area contributed by atoms with Crippen molar-refractivity contribution in [3.8, 4) is 17.2 Å². The van der Waals surface area contributed by atoms with Gasteiger partial charge in [-0.2, -0.15) is 5.26 Å². The normalized spacial score (nSPS) is 11.3. The third-order valence-corrected chi connectivity index (χ3v) is 4.53. The van der Waals surface area contributed by atoms with Crippen molar-refractivity contribution in [2.24, 2.45) is 0 Å². The molecule has 0 aromatic heterocycles. The van der Waals surface area contributed by atoms with Crippen molar-refractivity contribution in [3.63, 3.8) is 0 Å². The quantitative estimate of drug-likeness (QED) is 0.468. The van der Waals surface area contributed by atoms with Gasteiger partial charge in [0.25, 0.3) is 0 Å². The average molecular weight is 385 g/mol. The van der Waals surface area contributed by atoms with Gasteiger partial charge in [0, 0.05) is 18.3 Å². The van der Waals surface area contributed by atoms with Crippen LogP contribution in [0.1, 0.15) is 29.7 Å². The van der Waals surface area contributed by atoms with E-state index < -0.39 is 0 Å². The van der Waals surface area contributed by atoms with Crippen LogP contribution in [0, 0.1) is 18.3 Å². The van der Waals surface area contributed by atoms with E-state index in [9.17, 15) is 4.79 Å². The summed E-state index contributed by atoms with van der Waals surface area (Å²) >= 11 is 0. The summed E-state index contributed by atoms with van der Waals surface area (Å²) in [5, 5.41) is 12.4. The lowest BCUT2D eigenvalue weighted by Gasteiger charge is -2.21. The second-order valence-corrected chi connectivity index (χ2v) is 6.95. The van der Waals surface area contributed by atoms with Crippen molar-refractivity contribution in [3.05, 3.63) is 83.4 Å². The molecule has 0 heterocycles. The molecule has 0 saturated carbocycles. The van der Waals surface area contributed by atoms with Gasteiger partial charge in [0.1, 0.15) is 6.61 Å². The molecule has 0 fully saturated rings. The van der Waals surface area contributed by atoms with E-state index in [-0.39, 0.29) is 18.6 Å². The van der Waals surface area contributed by atoms with E-state index in [0.717, 1.165) is 27.9 Å². The number of esters is 1. The molecule has 5 heteroatoms. The van der Waals surface area contributed by atoms with E-state index in [1.165, 1.54) is 6.92 Å². The number of carbonyl (C=O) groups is 1. The molecule has 3 rings (SSSR count). The Morgan fingerprint density at radius 3 is 2.52 bits per heavy atom. The number of ether oxygens (including phenoxy) is 1. The number of nitrogens with zero attached hydrogens (tertiary/aromatic N) is 1. The predicted molar refractivity (Wildman–Crippen MR) is 115 cm³/mol. The number of carbonyl (C=O) groups excluding carboxylic acids is 1. The van der Waals surface area contributed by atoms with Crippen LogP contribution in [0.15, 0.2) is 66.7 Å². The molecule has 0 amide bonds. The molecule has 3 aromatic carbocycles. The first-order chi connectivity index (χ1) is 13.9. The molecule has 146 valence electrons. The maximum Gasteiger partial charge on any atom is 0.302 e. The average Bonchev–Trinajstić information content (AvgIpc) is 2.71. The van der Waals surface area contributed by atoms with Gasteiger partial charge in [-0.25, -0.2) is 0 Å². The van der Waals surface area contributed by atoms with Crippen LogP contribution in [-0.2, 0) is 9.53 Å². The number of anilines is 2. The highest BCUT2D eigenvalue weighted by Crippen LogP contribution is 2.28. The van der Waals surface area contributed by atoms with Crippen molar-refractivity contribution in [2.75, 3.05) is 17.7 Å². The van der Waals surface area contributed by atoms with Crippen LogP contribution in [0.25, 0.3) is 11.1 Å². The molecule has 0 bridgehead atoms. The van der Waals surface area contributed by atoms with Crippen molar-refractivity contribution < 1.29 is 9.53 Å². The Morgan fingerprint density at radius 2 is 1.86 bits per heavy atom. The highest BCUT2D eigenvalue weighted by atomic mass is 16.5. The fraction of sp³-hybridized carbons (Fsp3) is 0.167. The molecule has 0 aliphatic heterocycles. The second-order valence-electron chi connectivity index (χ2n) is 6.95. The van der Waals surface area contributed by atoms with E-state index in [1.807, 2.05) is 43.3 Å². The SMILES string of the molecule is CC(=O)OCC(Nc1ccc(C#N)cc1)c1cc(C)cc(-c2cccc(N)c2)c1. The summed E-state index contributed by atoms with van der Waals surface area (Å²) in [4.78, 5) is 11.4. The lowest BCUT2D eigenvalue weighted by Crippen LogP contribution is -2.19. The largest absolute Gasteiger partial charge is 0.463 e. The summed E-state index contributed by atoms with van der Waals surface area (Å²) in [6.07, 6.45) is 0. The Balaban J connectivity index is 1.95. The molecule has 1 atom stereocenters. The molecule has 3 aromatic rings. The van der Waals surface area contributed by atoms with Gasteiger partial charge >= 0.3 is 5.97 Å². The van der Waals surface area contributed by atoms with Gasteiger partial charge in [0.05, 0.1) is 17.7 Å². The summed E-state index contributed by atoms with van der Waals surface area (Å²) in [5.74, 6) is -0.333. The summed E-state index contributed by atoms with van der Waals surface area (Å²) in [5.41, 5.74) is 12.2. The standard InChI is InChI=1S/C24H23N3O2/c1-16-10-20(19-4-3-5-22(26)13-19)12-21(11-16)24(15-29-17(2)28)27-23-8-6-18(14-25)7-9-23/h3-13,24,27H,15,26H2,1-2H3. The molecule has 0 spiro atoms. The van der Waals surface area contributed by atoms with E-state index in [4.69, 9.17) is 15.7 Å². The minimum atomic E-state index is -0.333. The summed E-state index contributed by atoms with van der Waals surface area (Å²) in [6, 6.07) is 23.0.